The molecule has 25 heavy (non-hydrogen) atoms. The van der Waals surface area contributed by atoms with E-state index in [1.54, 1.807) is 12.1 Å². The van der Waals surface area contributed by atoms with Gasteiger partial charge in [0, 0.05) is 19.5 Å². The number of allylic oxidation sites excluding steroid dienone is 1. The number of rotatable bonds is 8. The monoisotopic (exact) mass is 362 g/mol. The van der Waals surface area contributed by atoms with E-state index in [-0.39, 0.29) is 34.7 Å². The fourth-order valence-corrected chi connectivity index (χ4v) is 4.70. The number of amides is 2. The Bertz CT molecular complexity index is 812. The number of benzene rings is 1. The Balaban J connectivity index is 1.55. The van der Waals surface area contributed by atoms with Crippen LogP contribution in [0.15, 0.2) is 41.8 Å². The van der Waals surface area contributed by atoms with Gasteiger partial charge in [0.1, 0.15) is 4.90 Å². The van der Waals surface area contributed by atoms with Crippen molar-refractivity contribution in [1.29, 1.82) is 0 Å². The molecule has 2 aliphatic rings. The standard InChI is InChI=1S/C18H22N2O4S/c1-2-3-9-18(10-11-18)13-19-16(21)8-12-20-17(22)14-6-4-5-7-15(14)25(20,23)24/h2,4-7H,1,3,8-13H2,(H,19,21). The van der Waals surface area contributed by atoms with Gasteiger partial charge in [-0.1, -0.05) is 18.2 Å². The van der Waals surface area contributed by atoms with Crippen molar-refractivity contribution in [3.8, 4) is 0 Å². The van der Waals surface area contributed by atoms with Crippen molar-refractivity contribution in [2.45, 2.75) is 37.0 Å². The van der Waals surface area contributed by atoms with Crippen LogP contribution in [0.3, 0.4) is 0 Å². The molecule has 7 heteroatoms. The van der Waals surface area contributed by atoms with E-state index < -0.39 is 15.9 Å². The molecule has 0 unspecified atom stereocenters. The van der Waals surface area contributed by atoms with Crippen LogP contribution in [0.25, 0.3) is 0 Å². The quantitative estimate of drug-likeness (QED) is 0.718. The zero-order chi connectivity index (χ0) is 18.1. The molecule has 1 aliphatic carbocycles. The van der Waals surface area contributed by atoms with Crippen LogP contribution in [0.4, 0.5) is 0 Å². The normalized spacial score (nSPS) is 19.4. The van der Waals surface area contributed by atoms with Crippen LogP contribution in [0.5, 0.6) is 0 Å². The maximum atomic E-state index is 12.4. The number of nitrogens with one attached hydrogen (secondary N) is 1. The van der Waals surface area contributed by atoms with Crippen LogP contribution >= 0.6 is 0 Å². The van der Waals surface area contributed by atoms with Gasteiger partial charge >= 0.3 is 0 Å². The molecule has 0 saturated heterocycles. The molecule has 1 N–H and O–H groups in total. The predicted molar refractivity (Wildman–Crippen MR) is 93.4 cm³/mol. The first kappa shape index (κ1) is 17.7. The van der Waals surface area contributed by atoms with Crippen molar-refractivity contribution in [1.82, 2.24) is 9.62 Å². The molecule has 2 amide bonds. The molecule has 0 bridgehead atoms. The number of hydrogen-bond donors (Lipinski definition) is 1. The second-order valence-corrected chi connectivity index (χ2v) is 8.56. The van der Waals surface area contributed by atoms with Crippen LogP contribution in [0.2, 0.25) is 0 Å². The van der Waals surface area contributed by atoms with Gasteiger partial charge in [0.15, 0.2) is 0 Å². The average Bonchev–Trinajstić information content (AvgIpc) is 3.34. The Morgan fingerprint density at radius 3 is 2.68 bits per heavy atom. The lowest BCUT2D eigenvalue weighted by molar-refractivity contribution is -0.121. The number of carbonyl (C=O) groups is 2. The fourth-order valence-electron chi connectivity index (χ4n) is 3.13. The van der Waals surface area contributed by atoms with E-state index in [1.807, 2.05) is 6.08 Å². The lowest BCUT2D eigenvalue weighted by Gasteiger charge is -2.17. The lowest BCUT2D eigenvalue weighted by Crippen LogP contribution is -2.36. The molecule has 1 aliphatic heterocycles. The Kier molecular flexibility index (Phi) is 4.69. The van der Waals surface area contributed by atoms with Crippen LogP contribution in [-0.4, -0.2) is 37.6 Å². The summed E-state index contributed by atoms with van der Waals surface area (Å²) < 4.78 is 25.6. The Labute approximate surface area is 148 Å². The first-order chi connectivity index (χ1) is 11.9. The Hall–Kier alpha value is -2.15. The summed E-state index contributed by atoms with van der Waals surface area (Å²) in [6.07, 6.45) is 5.96. The van der Waals surface area contributed by atoms with E-state index in [2.05, 4.69) is 11.9 Å². The second-order valence-electron chi connectivity index (χ2n) is 6.73. The van der Waals surface area contributed by atoms with Crippen molar-refractivity contribution in [2.75, 3.05) is 13.1 Å². The van der Waals surface area contributed by atoms with Crippen molar-refractivity contribution in [2.24, 2.45) is 5.41 Å². The number of sulfonamides is 1. The molecule has 0 radical (unpaired) electrons. The van der Waals surface area contributed by atoms with Crippen molar-refractivity contribution in [3.63, 3.8) is 0 Å². The molecule has 3 rings (SSSR count). The summed E-state index contributed by atoms with van der Waals surface area (Å²) in [4.78, 5) is 24.4. The van der Waals surface area contributed by atoms with E-state index in [9.17, 15) is 18.0 Å². The molecular formula is C18H22N2O4S. The molecule has 1 aromatic carbocycles. The maximum Gasteiger partial charge on any atom is 0.269 e. The molecule has 1 fully saturated rings. The highest BCUT2D eigenvalue weighted by Gasteiger charge is 2.42. The van der Waals surface area contributed by atoms with Gasteiger partial charge in [-0.15, -0.1) is 6.58 Å². The van der Waals surface area contributed by atoms with E-state index in [1.165, 1.54) is 12.1 Å². The summed E-state index contributed by atoms with van der Waals surface area (Å²) in [5.41, 5.74) is 0.347. The van der Waals surface area contributed by atoms with E-state index in [0.29, 0.717) is 6.54 Å². The second kappa shape index (κ2) is 6.63. The van der Waals surface area contributed by atoms with Crippen LogP contribution < -0.4 is 5.32 Å². The largest absolute Gasteiger partial charge is 0.355 e. The summed E-state index contributed by atoms with van der Waals surface area (Å²) in [6.45, 7) is 4.18. The number of nitrogens with zero attached hydrogens (tertiary/aromatic N) is 1. The lowest BCUT2D eigenvalue weighted by atomic mass is 10.0. The van der Waals surface area contributed by atoms with Gasteiger partial charge in [0.25, 0.3) is 15.9 Å². The molecule has 1 aromatic rings. The van der Waals surface area contributed by atoms with E-state index >= 15 is 0 Å². The fraction of sp³-hybridized carbons (Fsp3) is 0.444. The molecule has 6 nitrogen and oxygen atoms in total. The Morgan fingerprint density at radius 2 is 2.04 bits per heavy atom. The van der Waals surface area contributed by atoms with Gasteiger partial charge in [0.2, 0.25) is 5.91 Å². The molecule has 134 valence electrons. The van der Waals surface area contributed by atoms with E-state index in [4.69, 9.17) is 0 Å². The molecule has 0 aromatic heterocycles. The minimum absolute atomic E-state index is 0.0155. The third kappa shape index (κ3) is 3.46. The van der Waals surface area contributed by atoms with Gasteiger partial charge in [-0.25, -0.2) is 12.7 Å². The minimum atomic E-state index is -3.84. The van der Waals surface area contributed by atoms with Gasteiger partial charge in [-0.2, -0.15) is 0 Å². The highest BCUT2D eigenvalue weighted by Crippen LogP contribution is 2.49. The zero-order valence-electron chi connectivity index (χ0n) is 14.0. The van der Waals surface area contributed by atoms with Crippen LogP contribution in [-0.2, 0) is 14.8 Å². The third-order valence-corrected chi connectivity index (χ3v) is 6.79. The van der Waals surface area contributed by atoms with Crippen molar-refractivity contribution < 1.29 is 18.0 Å². The number of hydrogen-bond acceptors (Lipinski definition) is 4. The average molecular weight is 362 g/mol. The maximum absolute atomic E-state index is 12.4. The topological polar surface area (TPSA) is 83.6 Å². The van der Waals surface area contributed by atoms with Gasteiger partial charge in [-0.05, 0) is 43.2 Å². The SMILES string of the molecule is C=CCCC1(CNC(=O)CCN2C(=O)c3ccccc3S2(=O)=O)CC1. The van der Waals surface area contributed by atoms with Crippen molar-refractivity contribution >= 4 is 21.8 Å². The third-order valence-electron chi connectivity index (χ3n) is 4.95. The highest BCUT2D eigenvalue weighted by atomic mass is 32.2. The Morgan fingerprint density at radius 1 is 1.32 bits per heavy atom. The van der Waals surface area contributed by atoms with Gasteiger partial charge in [-0.3, -0.25) is 9.59 Å². The molecule has 0 atom stereocenters. The van der Waals surface area contributed by atoms with Crippen molar-refractivity contribution in [3.05, 3.63) is 42.5 Å². The summed E-state index contributed by atoms with van der Waals surface area (Å²) >= 11 is 0. The molecule has 1 saturated carbocycles. The number of carbonyl (C=O) groups excluding carboxylic acids is 2. The first-order valence-electron chi connectivity index (χ1n) is 8.43. The van der Waals surface area contributed by atoms with Gasteiger partial charge in [0.05, 0.1) is 5.56 Å². The molecule has 0 spiro atoms. The zero-order valence-corrected chi connectivity index (χ0v) is 14.8. The minimum Gasteiger partial charge on any atom is -0.355 e. The number of fused-ring (bicyclic) bond motifs is 1. The predicted octanol–water partition coefficient (Wildman–Crippen LogP) is 2.08. The molecular weight excluding hydrogens is 340 g/mol. The van der Waals surface area contributed by atoms with E-state index in [0.717, 1.165) is 30.0 Å². The van der Waals surface area contributed by atoms with Crippen LogP contribution in [0.1, 0.15) is 42.5 Å². The van der Waals surface area contributed by atoms with Crippen LogP contribution in [0, 0.1) is 5.41 Å². The molecule has 1 heterocycles. The summed E-state index contributed by atoms with van der Waals surface area (Å²) in [6, 6.07) is 6.11. The summed E-state index contributed by atoms with van der Waals surface area (Å²) in [5, 5.41) is 2.88. The van der Waals surface area contributed by atoms with Gasteiger partial charge < -0.3 is 5.32 Å². The summed E-state index contributed by atoms with van der Waals surface area (Å²) in [5.74, 6) is -0.795. The highest BCUT2D eigenvalue weighted by molar-refractivity contribution is 7.90. The smallest absolute Gasteiger partial charge is 0.269 e. The summed E-state index contributed by atoms with van der Waals surface area (Å²) in [7, 11) is -3.84. The first-order valence-corrected chi connectivity index (χ1v) is 9.87.